The van der Waals surface area contributed by atoms with Crippen LogP contribution >= 0.6 is 0 Å². The predicted octanol–water partition coefficient (Wildman–Crippen LogP) is 4.40. The van der Waals surface area contributed by atoms with Gasteiger partial charge in [0.05, 0.1) is 24.8 Å². The van der Waals surface area contributed by atoms with E-state index in [1.54, 1.807) is 0 Å². The summed E-state index contributed by atoms with van der Waals surface area (Å²) in [7, 11) is 0. The van der Waals surface area contributed by atoms with Crippen molar-refractivity contribution < 1.29 is 19.1 Å². The van der Waals surface area contributed by atoms with Gasteiger partial charge in [0.15, 0.2) is 0 Å². The molecule has 2 amide bonds. The Labute approximate surface area is 219 Å². The highest BCUT2D eigenvalue weighted by atomic mass is 16.5. The zero-order valence-electron chi connectivity index (χ0n) is 22.1. The Kier molecular flexibility index (Phi) is 8.13. The van der Waals surface area contributed by atoms with Crippen LogP contribution in [0.1, 0.15) is 79.1 Å². The molecule has 2 aromatic rings. The van der Waals surface area contributed by atoms with Crippen LogP contribution in [0.15, 0.2) is 36.5 Å². The van der Waals surface area contributed by atoms with Gasteiger partial charge in [0.1, 0.15) is 11.4 Å². The molecule has 1 spiro atoms. The number of aryl methyl sites for hydroxylation is 1. The molecule has 1 atom stereocenters. The van der Waals surface area contributed by atoms with Crippen molar-refractivity contribution in [2.75, 3.05) is 39.5 Å². The van der Waals surface area contributed by atoms with E-state index < -0.39 is 0 Å². The molecule has 37 heavy (non-hydrogen) atoms. The molecule has 200 valence electrons. The van der Waals surface area contributed by atoms with E-state index in [2.05, 4.69) is 12.0 Å². The van der Waals surface area contributed by atoms with Crippen molar-refractivity contribution in [2.24, 2.45) is 5.41 Å². The third-order valence-corrected chi connectivity index (χ3v) is 8.27. The van der Waals surface area contributed by atoms with Gasteiger partial charge in [0, 0.05) is 44.4 Å². The fourth-order valence-electron chi connectivity index (χ4n) is 6.00. The van der Waals surface area contributed by atoms with Gasteiger partial charge in [0.25, 0.3) is 11.8 Å². The smallest absolute Gasteiger partial charge is 0.274 e. The molecule has 0 N–H and O–H groups in total. The minimum absolute atomic E-state index is 0.0102. The Hall–Kier alpha value is -2.87. The van der Waals surface area contributed by atoms with Crippen molar-refractivity contribution in [3.8, 4) is 5.75 Å². The molecule has 0 saturated carbocycles. The number of amides is 2. The molecule has 8 nitrogen and oxygen atoms in total. The van der Waals surface area contributed by atoms with Gasteiger partial charge >= 0.3 is 0 Å². The lowest BCUT2D eigenvalue weighted by Crippen LogP contribution is -2.46. The summed E-state index contributed by atoms with van der Waals surface area (Å²) < 4.78 is 14.3. The number of nitrogens with zero attached hydrogens (tertiary/aromatic N) is 4. The number of carbonyl (C=O) groups is 2. The monoisotopic (exact) mass is 508 g/mol. The molecule has 0 bridgehead atoms. The molecular formula is C29H40N4O4. The maximum Gasteiger partial charge on any atom is 0.274 e. The van der Waals surface area contributed by atoms with Crippen molar-refractivity contribution in [3.63, 3.8) is 0 Å². The molecule has 4 heterocycles. The van der Waals surface area contributed by atoms with E-state index in [0.717, 1.165) is 71.1 Å². The molecule has 2 fully saturated rings. The van der Waals surface area contributed by atoms with E-state index >= 15 is 0 Å². The first kappa shape index (κ1) is 25.8. The third kappa shape index (κ3) is 5.84. The van der Waals surface area contributed by atoms with Gasteiger partial charge in [-0.25, -0.2) is 0 Å². The second-order valence-electron chi connectivity index (χ2n) is 10.9. The van der Waals surface area contributed by atoms with Crippen LogP contribution in [0, 0.1) is 5.41 Å². The second-order valence-corrected chi connectivity index (χ2v) is 10.9. The van der Waals surface area contributed by atoms with Crippen LogP contribution in [0.5, 0.6) is 5.75 Å². The maximum atomic E-state index is 13.5. The molecule has 1 aromatic heterocycles. The predicted molar refractivity (Wildman–Crippen MR) is 141 cm³/mol. The number of aromatic nitrogens is 2. The molecule has 2 saturated heterocycles. The standard InChI is InChI=1S/C29H40N4O4/c1-2-15-32-17-11-25(30-32)28(35)31-18-13-29(14-19-31)12-5-6-20-36-21-23-8-7-16-33(23)27(34)24-9-3-4-10-26(24)37-22-29/h3-4,9-11,17,23H,2,5-8,12-16,18-22H2,1H3/t23-/m0/s1. The highest BCUT2D eigenvalue weighted by Crippen LogP contribution is 2.38. The van der Waals surface area contributed by atoms with E-state index in [1.165, 1.54) is 0 Å². The van der Waals surface area contributed by atoms with Crippen molar-refractivity contribution in [1.82, 2.24) is 19.6 Å². The van der Waals surface area contributed by atoms with Crippen LogP contribution in [-0.2, 0) is 11.3 Å². The lowest BCUT2D eigenvalue weighted by atomic mass is 9.75. The van der Waals surface area contributed by atoms with E-state index in [9.17, 15) is 9.59 Å². The normalized spacial score (nSPS) is 22.7. The number of fused-ring (bicyclic) bond motifs is 2. The first-order valence-corrected chi connectivity index (χ1v) is 14.0. The summed E-state index contributed by atoms with van der Waals surface area (Å²) in [5.41, 5.74) is 1.13. The second kappa shape index (κ2) is 11.7. The molecule has 3 aliphatic rings. The summed E-state index contributed by atoms with van der Waals surface area (Å²) >= 11 is 0. The molecule has 3 aliphatic heterocycles. The highest BCUT2D eigenvalue weighted by Gasteiger charge is 2.38. The number of para-hydroxylation sites is 1. The quantitative estimate of drug-likeness (QED) is 0.614. The number of hydrogen-bond donors (Lipinski definition) is 0. The van der Waals surface area contributed by atoms with Crippen LogP contribution in [0.3, 0.4) is 0 Å². The summed E-state index contributed by atoms with van der Waals surface area (Å²) in [5, 5.41) is 4.47. The zero-order valence-corrected chi connectivity index (χ0v) is 22.1. The van der Waals surface area contributed by atoms with Crippen molar-refractivity contribution in [2.45, 2.75) is 70.9 Å². The number of carbonyl (C=O) groups excluding carboxylic acids is 2. The maximum absolute atomic E-state index is 13.5. The average molecular weight is 509 g/mol. The zero-order chi connectivity index (χ0) is 25.7. The Balaban J connectivity index is 1.29. The van der Waals surface area contributed by atoms with Gasteiger partial charge in [-0.2, -0.15) is 5.10 Å². The fraction of sp³-hybridized carbons (Fsp3) is 0.621. The number of ether oxygens (including phenoxy) is 2. The van der Waals surface area contributed by atoms with Gasteiger partial charge in [0.2, 0.25) is 0 Å². The van der Waals surface area contributed by atoms with Gasteiger partial charge in [-0.05, 0) is 63.1 Å². The SMILES string of the molecule is CCCn1ccc(C(=O)N2CCC3(CCCCOC[C@@H]4CCCN4C(=O)c4ccccc4OC3)CC2)n1. The first-order valence-electron chi connectivity index (χ1n) is 14.0. The van der Waals surface area contributed by atoms with Gasteiger partial charge in [-0.3, -0.25) is 14.3 Å². The van der Waals surface area contributed by atoms with Crippen molar-refractivity contribution >= 4 is 11.8 Å². The molecule has 0 aliphatic carbocycles. The first-order chi connectivity index (χ1) is 18.1. The Morgan fingerprint density at radius 1 is 1.08 bits per heavy atom. The summed E-state index contributed by atoms with van der Waals surface area (Å²) in [5.74, 6) is 0.710. The summed E-state index contributed by atoms with van der Waals surface area (Å²) in [6.45, 7) is 6.94. The highest BCUT2D eigenvalue weighted by molar-refractivity contribution is 5.97. The average Bonchev–Trinajstić information content (AvgIpc) is 3.59. The van der Waals surface area contributed by atoms with Crippen molar-refractivity contribution in [3.05, 3.63) is 47.8 Å². The van der Waals surface area contributed by atoms with Crippen LogP contribution in [0.4, 0.5) is 0 Å². The summed E-state index contributed by atoms with van der Waals surface area (Å²) in [6, 6.07) is 9.61. The summed E-state index contributed by atoms with van der Waals surface area (Å²) in [4.78, 5) is 30.5. The van der Waals surface area contributed by atoms with E-state index in [0.29, 0.717) is 43.3 Å². The van der Waals surface area contributed by atoms with Crippen LogP contribution in [-0.4, -0.2) is 76.9 Å². The minimum atomic E-state index is -0.0329. The van der Waals surface area contributed by atoms with Crippen molar-refractivity contribution in [1.29, 1.82) is 0 Å². The van der Waals surface area contributed by atoms with E-state index in [1.807, 2.05) is 51.0 Å². The number of rotatable bonds is 3. The Morgan fingerprint density at radius 3 is 2.76 bits per heavy atom. The van der Waals surface area contributed by atoms with Gasteiger partial charge < -0.3 is 19.3 Å². The summed E-state index contributed by atoms with van der Waals surface area (Å²) in [6.07, 6.45) is 9.71. The molecule has 0 unspecified atom stereocenters. The third-order valence-electron chi connectivity index (χ3n) is 8.27. The number of likely N-dealkylation sites (tertiary alicyclic amines) is 1. The lowest BCUT2D eigenvalue weighted by molar-refractivity contribution is 0.0300. The molecule has 1 aromatic carbocycles. The fourth-order valence-corrected chi connectivity index (χ4v) is 6.00. The van der Waals surface area contributed by atoms with Crippen LogP contribution in [0.25, 0.3) is 0 Å². The Morgan fingerprint density at radius 2 is 1.92 bits per heavy atom. The molecular weight excluding hydrogens is 468 g/mol. The van der Waals surface area contributed by atoms with E-state index in [4.69, 9.17) is 9.47 Å². The number of benzene rings is 1. The van der Waals surface area contributed by atoms with Gasteiger partial charge in [-0.15, -0.1) is 0 Å². The number of piperidine rings is 1. The molecule has 8 heteroatoms. The van der Waals surface area contributed by atoms with Gasteiger partial charge in [-0.1, -0.05) is 25.5 Å². The van der Waals surface area contributed by atoms with E-state index in [-0.39, 0.29) is 23.3 Å². The van der Waals surface area contributed by atoms with Crippen LogP contribution in [0.2, 0.25) is 0 Å². The number of hydrogen-bond acceptors (Lipinski definition) is 5. The topological polar surface area (TPSA) is 76.9 Å². The minimum Gasteiger partial charge on any atom is -0.492 e. The molecule has 5 rings (SSSR count). The van der Waals surface area contributed by atoms with Crippen LogP contribution < -0.4 is 4.74 Å². The lowest BCUT2D eigenvalue weighted by Gasteiger charge is -2.42. The largest absolute Gasteiger partial charge is 0.492 e. The molecule has 0 radical (unpaired) electrons. The Bertz CT molecular complexity index is 1080.